The van der Waals surface area contributed by atoms with Gasteiger partial charge in [0.2, 0.25) is 5.91 Å². The van der Waals surface area contributed by atoms with Gasteiger partial charge in [0, 0.05) is 11.3 Å². The number of amides is 1. The first kappa shape index (κ1) is 19.4. The Bertz CT molecular complexity index is 837. The predicted octanol–water partition coefficient (Wildman–Crippen LogP) is 4.11. The van der Waals surface area contributed by atoms with Gasteiger partial charge in [0.25, 0.3) is 5.76 Å². The summed E-state index contributed by atoms with van der Waals surface area (Å²) in [5, 5.41) is 2.49. The summed E-state index contributed by atoms with van der Waals surface area (Å²) in [6, 6.07) is 12.5. The number of anilines is 1. The van der Waals surface area contributed by atoms with Gasteiger partial charge in [0.15, 0.2) is 9.84 Å². The first-order chi connectivity index (χ1) is 11.8. The van der Waals surface area contributed by atoms with Crippen LogP contribution in [0.4, 0.5) is 14.5 Å². The van der Waals surface area contributed by atoms with Crippen LogP contribution in [0.1, 0.15) is 12.0 Å². The van der Waals surface area contributed by atoms with E-state index >= 15 is 0 Å². The van der Waals surface area contributed by atoms with Crippen molar-refractivity contribution in [1.29, 1.82) is 0 Å². The fourth-order valence-corrected chi connectivity index (χ4v) is 3.91. The highest BCUT2D eigenvalue weighted by Gasteiger charge is 2.17. The van der Waals surface area contributed by atoms with Crippen LogP contribution in [0.3, 0.4) is 0 Å². The number of thioether (sulfide) groups is 1. The van der Waals surface area contributed by atoms with E-state index in [4.69, 9.17) is 0 Å². The average molecular weight is 385 g/mol. The number of rotatable bonds is 7. The SMILES string of the molecule is Cc1ccc(S(=O)(=O)CCC(=O)Nc2ccccc2SC(F)F)cc1. The third-order valence-electron chi connectivity index (χ3n) is 3.36. The zero-order valence-corrected chi connectivity index (χ0v) is 15.0. The molecule has 4 nitrogen and oxygen atoms in total. The van der Waals surface area contributed by atoms with E-state index in [-0.39, 0.29) is 27.7 Å². The first-order valence-corrected chi connectivity index (χ1v) is 9.94. The summed E-state index contributed by atoms with van der Waals surface area (Å²) in [6.45, 7) is 1.85. The molecule has 0 heterocycles. The summed E-state index contributed by atoms with van der Waals surface area (Å²) in [5.74, 6) is -3.51. The number of aryl methyl sites for hydroxylation is 1. The normalized spacial score (nSPS) is 11.5. The molecule has 0 atom stereocenters. The molecule has 0 radical (unpaired) electrons. The van der Waals surface area contributed by atoms with E-state index in [9.17, 15) is 22.0 Å². The molecule has 2 rings (SSSR count). The van der Waals surface area contributed by atoms with Crippen LogP contribution in [-0.4, -0.2) is 25.8 Å². The Morgan fingerprint density at radius 3 is 2.40 bits per heavy atom. The van der Waals surface area contributed by atoms with E-state index in [0.29, 0.717) is 11.8 Å². The third kappa shape index (κ3) is 5.82. The topological polar surface area (TPSA) is 63.2 Å². The Morgan fingerprint density at radius 2 is 1.76 bits per heavy atom. The molecule has 0 aromatic heterocycles. The lowest BCUT2D eigenvalue weighted by atomic mass is 10.2. The fourth-order valence-electron chi connectivity index (χ4n) is 2.07. The lowest BCUT2D eigenvalue weighted by Crippen LogP contribution is -2.17. The van der Waals surface area contributed by atoms with E-state index in [1.54, 1.807) is 24.3 Å². The molecule has 0 bridgehead atoms. The molecule has 0 aliphatic carbocycles. The predicted molar refractivity (Wildman–Crippen MR) is 94.8 cm³/mol. The molecule has 25 heavy (non-hydrogen) atoms. The number of sulfone groups is 1. The van der Waals surface area contributed by atoms with Crippen molar-refractivity contribution in [2.24, 2.45) is 0 Å². The summed E-state index contributed by atoms with van der Waals surface area (Å²) in [5.41, 5.74) is 1.18. The zero-order chi connectivity index (χ0) is 18.4. The van der Waals surface area contributed by atoms with E-state index in [1.165, 1.54) is 24.3 Å². The number of benzene rings is 2. The minimum Gasteiger partial charge on any atom is -0.325 e. The Labute approximate surface area is 149 Å². The molecule has 0 saturated carbocycles. The van der Waals surface area contributed by atoms with Crippen molar-refractivity contribution in [3.8, 4) is 0 Å². The summed E-state index contributed by atoms with van der Waals surface area (Å²) >= 11 is 0.323. The molecule has 2 aromatic rings. The van der Waals surface area contributed by atoms with E-state index < -0.39 is 21.5 Å². The summed E-state index contributed by atoms with van der Waals surface area (Å²) in [7, 11) is -3.58. The quantitative estimate of drug-likeness (QED) is 0.729. The van der Waals surface area contributed by atoms with Gasteiger partial charge in [-0.3, -0.25) is 4.79 Å². The molecular formula is C17H17F2NO3S2. The minimum atomic E-state index is -3.58. The average Bonchev–Trinajstić information content (AvgIpc) is 2.55. The molecule has 0 saturated heterocycles. The van der Waals surface area contributed by atoms with Crippen molar-refractivity contribution in [1.82, 2.24) is 0 Å². The molecule has 0 aliphatic rings. The second-order valence-electron chi connectivity index (χ2n) is 5.30. The van der Waals surface area contributed by atoms with Gasteiger partial charge in [-0.1, -0.05) is 41.6 Å². The number of alkyl halides is 2. The Balaban J connectivity index is 2.00. The molecule has 1 amide bonds. The molecule has 0 fully saturated rings. The lowest BCUT2D eigenvalue weighted by molar-refractivity contribution is -0.115. The summed E-state index contributed by atoms with van der Waals surface area (Å²) in [6.07, 6.45) is -0.260. The summed E-state index contributed by atoms with van der Waals surface area (Å²) < 4.78 is 49.5. The Morgan fingerprint density at radius 1 is 1.12 bits per heavy atom. The highest BCUT2D eigenvalue weighted by atomic mass is 32.2. The monoisotopic (exact) mass is 385 g/mol. The van der Waals surface area contributed by atoms with Crippen LogP contribution >= 0.6 is 11.8 Å². The van der Waals surface area contributed by atoms with Crippen LogP contribution in [0, 0.1) is 6.92 Å². The zero-order valence-electron chi connectivity index (χ0n) is 13.4. The maximum Gasteiger partial charge on any atom is 0.288 e. The van der Waals surface area contributed by atoms with Gasteiger partial charge in [-0.2, -0.15) is 8.78 Å². The number of para-hydroxylation sites is 1. The lowest BCUT2D eigenvalue weighted by Gasteiger charge is -2.10. The van der Waals surface area contributed by atoms with Gasteiger partial charge in [0.1, 0.15) is 0 Å². The van der Waals surface area contributed by atoms with Crippen molar-refractivity contribution in [2.75, 3.05) is 11.1 Å². The molecule has 134 valence electrons. The highest BCUT2D eigenvalue weighted by Crippen LogP contribution is 2.31. The fraction of sp³-hybridized carbons (Fsp3) is 0.235. The van der Waals surface area contributed by atoms with Gasteiger partial charge in [-0.15, -0.1) is 0 Å². The molecular weight excluding hydrogens is 368 g/mol. The van der Waals surface area contributed by atoms with E-state index in [1.807, 2.05) is 6.92 Å². The molecule has 8 heteroatoms. The molecule has 2 aromatic carbocycles. The number of hydrogen-bond donors (Lipinski definition) is 1. The van der Waals surface area contributed by atoms with Crippen molar-refractivity contribution in [3.63, 3.8) is 0 Å². The maximum atomic E-state index is 12.5. The second kappa shape index (κ2) is 8.44. The van der Waals surface area contributed by atoms with Crippen LogP contribution in [0.25, 0.3) is 0 Å². The van der Waals surface area contributed by atoms with Crippen molar-refractivity contribution in [3.05, 3.63) is 54.1 Å². The van der Waals surface area contributed by atoms with Crippen molar-refractivity contribution >= 4 is 33.2 Å². The maximum absolute atomic E-state index is 12.5. The molecule has 0 unspecified atom stereocenters. The minimum absolute atomic E-state index is 0.152. The molecule has 0 aliphatic heterocycles. The smallest absolute Gasteiger partial charge is 0.288 e. The van der Waals surface area contributed by atoms with Crippen LogP contribution in [-0.2, 0) is 14.6 Å². The largest absolute Gasteiger partial charge is 0.325 e. The number of hydrogen-bond acceptors (Lipinski definition) is 4. The Hall–Kier alpha value is -1.93. The van der Waals surface area contributed by atoms with Gasteiger partial charge in [-0.25, -0.2) is 8.42 Å². The second-order valence-corrected chi connectivity index (χ2v) is 8.45. The van der Waals surface area contributed by atoms with Gasteiger partial charge in [0.05, 0.1) is 16.3 Å². The van der Waals surface area contributed by atoms with Crippen LogP contribution in [0.15, 0.2) is 58.3 Å². The third-order valence-corrected chi connectivity index (χ3v) is 5.88. The standard InChI is InChI=1S/C17H17F2NO3S2/c1-12-6-8-13(9-7-12)25(22,23)11-10-16(21)20-14-4-2-3-5-15(14)24-17(18)19/h2-9,17H,10-11H2,1H3,(H,20,21). The summed E-state index contributed by atoms with van der Waals surface area (Å²) in [4.78, 5) is 12.4. The molecule has 1 N–H and O–H groups in total. The van der Waals surface area contributed by atoms with Crippen molar-refractivity contribution in [2.45, 2.75) is 28.9 Å². The number of nitrogens with one attached hydrogen (secondary N) is 1. The van der Waals surface area contributed by atoms with E-state index in [2.05, 4.69) is 5.32 Å². The van der Waals surface area contributed by atoms with Crippen LogP contribution in [0.2, 0.25) is 0 Å². The van der Waals surface area contributed by atoms with Gasteiger partial charge >= 0.3 is 0 Å². The van der Waals surface area contributed by atoms with Crippen LogP contribution < -0.4 is 5.32 Å². The number of halogens is 2. The Kier molecular flexibility index (Phi) is 6.55. The highest BCUT2D eigenvalue weighted by molar-refractivity contribution is 7.99. The van der Waals surface area contributed by atoms with Crippen molar-refractivity contribution < 1.29 is 22.0 Å². The van der Waals surface area contributed by atoms with Gasteiger partial charge < -0.3 is 5.32 Å². The van der Waals surface area contributed by atoms with E-state index in [0.717, 1.165) is 5.56 Å². The molecule has 0 spiro atoms. The number of carbonyl (C=O) groups excluding carboxylic acids is 1. The van der Waals surface area contributed by atoms with Gasteiger partial charge in [-0.05, 0) is 31.2 Å². The van der Waals surface area contributed by atoms with Crippen LogP contribution in [0.5, 0.6) is 0 Å². The first-order valence-electron chi connectivity index (χ1n) is 7.41. The number of carbonyl (C=O) groups is 1.